The third-order valence-electron chi connectivity index (χ3n) is 2.09. The molecule has 1 unspecified atom stereocenters. The molecular weight excluding hydrogens is 217 g/mol. The number of hydrogen-bond donors (Lipinski definition) is 0. The van der Waals surface area contributed by atoms with Gasteiger partial charge >= 0.3 is 35.2 Å². The smallest absolute Gasteiger partial charge is 0.636 e. The number of aryl methyl sites for hydroxylation is 1. The van der Waals surface area contributed by atoms with Crippen molar-refractivity contribution in [3.8, 4) is 0 Å². The van der Waals surface area contributed by atoms with E-state index in [2.05, 4.69) is 20.2 Å². The van der Waals surface area contributed by atoms with Gasteiger partial charge in [-0.3, -0.25) is 4.85 Å². The molecule has 0 heterocycles. The summed E-state index contributed by atoms with van der Waals surface area (Å²) in [5.74, 6) is 0. The second kappa shape index (κ2) is 6.61. The molecule has 0 spiro atoms. The van der Waals surface area contributed by atoms with Crippen molar-refractivity contribution in [2.24, 2.45) is 10.4 Å². The third-order valence-corrected chi connectivity index (χ3v) is 2.09. The summed E-state index contributed by atoms with van der Waals surface area (Å²) in [6, 6.07) is 7.28. The first kappa shape index (κ1) is 15.1. The van der Waals surface area contributed by atoms with Crippen LogP contribution in [0.2, 0.25) is 0 Å². The largest absolute Gasteiger partial charge is 1.00 e. The van der Waals surface area contributed by atoms with Crippen molar-refractivity contribution in [1.82, 2.24) is 0 Å². The van der Waals surface area contributed by atoms with E-state index < -0.39 is 5.66 Å². The van der Waals surface area contributed by atoms with Crippen molar-refractivity contribution >= 4 is 0 Å². The summed E-state index contributed by atoms with van der Waals surface area (Å²) >= 11 is 0. The zero-order chi connectivity index (χ0) is 11.3. The van der Waals surface area contributed by atoms with Gasteiger partial charge in [0.1, 0.15) is 0 Å². The maximum atomic E-state index is 9.71. The van der Waals surface area contributed by atoms with Gasteiger partial charge in [-0.2, -0.15) is 0 Å². The van der Waals surface area contributed by atoms with Crippen LogP contribution in [0.1, 0.15) is 18.1 Å². The molecule has 0 saturated heterocycles. The predicted octanol–water partition coefficient (Wildman–Crippen LogP) is -1.25. The summed E-state index contributed by atoms with van der Waals surface area (Å²) in [4.78, 5) is 6.58. The quantitative estimate of drug-likeness (QED) is 0.213. The second-order valence-electron chi connectivity index (χ2n) is 3.25. The van der Waals surface area contributed by atoms with E-state index in [1.54, 1.807) is 19.1 Å². The molecule has 78 valence electrons. The van der Waals surface area contributed by atoms with Gasteiger partial charge in [-0.1, -0.05) is 22.8 Å². The van der Waals surface area contributed by atoms with Crippen molar-refractivity contribution in [1.29, 1.82) is 0 Å². The van der Waals surface area contributed by atoms with Crippen LogP contribution < -0.4 is 34.8 Å². The molecule has 1 rings (SSSR count). The normalized spacial score (nSPS) is 13.6. The van der Waals surface area contributed by atoms with E-state index in [1.165, 1.54) is 0 Å². The topological polar surface area (TPSA) is 61.4 Å². The maximum absolute atomic E-state index is 9.71. The van der Waals surface area contributed by atoms with Crippen LogP contribution in [0.4, 0.5) is 0 Å². The molecule has 0 aromatic heterocycles. The van der Waals surface area contributed by atoms with Crippen LogP contribution in [0.5, 0.6) is 0 Å². The van der Waals surface area contributed by atoms with Crippen LogP contribution in [0.15, 0.2) is 34.7 Å². The molecule has 0 amide bonds. The Morgan fingerprint density at radius 1 is 1.38 bits per heavy atom. The van der Waals surface area contributed by atoms with Crippen molar-refractivity contribution in [3.05, 3.63) is 46.8 Å². The molecule has 0 fully saturated rings. The molecule has 0 radical (unpaired) electrons. The summed E-state index contributed by atoms with van der Waals surface area (Å²) in [5, 5.41) is 16.1. The molecule has 1 aromatic carbocycles. The molecule has 6 heteroatoms. The van der Waals surface area contributed by atoms with E-state index in [-0.39, 0.29) is 29.6 Å². The van der Waals surface area contributed by atoms with Gasteiger partial charge in [-0.25, -0.2) is 6.57 Å². The Morgan fingerprint density at radius 3 is 2.38 bits per heavy atom. The Hall–Kier alpha value is -0.930. The van der Waals surface area contributed by atoms with Gasteiger partial charge in [0.25, 0.3) is 0 Å². The van der Waals surface area contributed by atoms with Gasteiger partial charge in [-0.15, -0.1) is 0 Å². The standard InChI is InChI=1S/C10H11N3O2.Na/c1-8-4-6-9(7-5-8)10(2,11-3)12-13-15-14;/h4-7,14H,1-2H3;/q;+1/p-1/b13-12-;. The predicted molar refractivity (Wildman–Crippen MR) is 51.1 cm³/mol. The van der Waals surface area contributed by atoms with Gasteiger partial charge < -0.3 is 10.2 Å². The third kappa shape index (κ3) is 3.58. The fourth-order valence-corrected chi connectivity index (χ4v) is 1.11. The van der Waals surface area contributed by atoms with Crippen molar-refractivity contribution in [2.45, 2.75) is 19.5 Å². The number of benzene rings is 1. The number of nitrogens with zero attached hydrogens (tertiary/aromatic N) is 3. The average Bonchev–Trinajstić information content (AvgIpc) is 2.27. The molecular formula is C10H10N3NaO2. The maximum Gasteiger partial charge on any atom is 1.00 e. The monoisotopic (exact) mass is 227 g/mol. The van der Waals surface area contributed by atoms with E-state index in [4.69, 9.17) is 6.57 Å². The molecule has 5 nitrogen and oxygen atoms in total. The van der Waals surface area contributed by atoms with E-state index in [0.717, 1.165) is 5.56 Å². The minimum atomic E-state index is -1.20. The van der Waals surface area contributed by atoms with E-state index in [1.807, 2.05) is 19.1 Å². The molecule has 0 aliphatic carbocycles. The summed E-state index contributed by atoms with van der Waals surface area (Å²) in [6.07, 6.45) is 0. The SMILES string of the molecule is [C-]#[N+]C(C)(/N=N\O[O-])c1ccc(C)cc1.[Na+]. The van der Waals surface area contributed by atoms with E-state index in [9.17, 15) is 5.26 Å². The van der Waals surface area contributed by atoms with Gasteiger partial charge in [0.15, 0.2) is 0 Å². The van der Waals surface area contributed by atoms with E-state index >= 15 is 0 Å². The van der Waals surface area contributed by atoms with E-state index in [0.29, 0.717) is 5.56 Å². The second-order valence-corrected chi connectivity index (χ2v) is 3.25. The van der Waals surface area contributed by atoms with Crippen LogP contribution in [-0.2, 0) is 10.7 Å². The molecule has 1 atom stereocenters. The number of rotatable bonds is 3. The zero-order valence-corrected chi connectivity index (χ0v) is 11.5. The van der Waals surface area contributed by atoms with Crippen LogP contribution in [-0.4, -0.2) is 0 Å². The first-order valence-corrected chi connectivity index (χ1v) is 4.29. The molecule has 16 heavy (non-hydrogen) atoms. The van der Waals surface area contributed by atoms with Gasteiger partial charge in [0, 0.05) is 12.2 Å². The molecule has 0 N–H and O–H groups in total. The Bertz CT molecular complexity index is 400. The molecule has 0 bridgehead atoms. The van der Waals surface area contributed by atoms with Crippen molar-refractivity contribution in [2.75, 3.05) is 0 Å². The summed E-state index contributed by atoms with van der Waals surface area (Å²) in [5.41, 5.74) is 0.560. The van der Waals surface area contributed by atoms with Crippen molar-refractivity contribution in [3.63, 3.8) is 0 Å². The summed E-state index contributed by atoms with van der Waals surface area (Å²) in [6.45, 7) is 10.5. The molecule has 0 aliphatic heterocycles. The molecule has 1 aromatic rings. The summed E-state index contributed by atoms with van der Waals surface area (Å²) < 4.78 is 0. The minimum Gasteiger partial charge on any atom is -0.636 e. The summed E-state index contributed by atoms with van der Waals surface area (Å²) in [7, 11) is 0. The Labute approximate surface area is 116 Å². The van der Waals surface area contributed by atoms with Crippen molar-refractivity contribution < 1.29 is 39.8 Å². The Balaban J connectivity index is 0.00000225. The van der Waals surface area contributed by atoms with Gasteiger partial charge in [0.2, 0.25) is 0 Å². The first-order chi connectivity index (χ1) is 7.12. The van der Waals surface area contributed by atoms with Crippen LogP contribution in [0, 0.1) is 13.5 Å². The molecule has 0 saturated carbocycles. The Morgan fingerprint density at radius 2 is 1.94 bits per heavy atom. The van der Waals surface area contributed by atoms with Crippen LogP contribution in [0.3, 0.4) is 0 Å². The first-order valence-electron chi connectivity index (χ1n) is 4.29. The zero-order valence-electron chi connectivity index (χ0n) is 9.47. The molecule has 0 aliphatic rings. The fourth-order valence-electron chi connectivity index (χ4n) is 1.11. The van der Waals surface area contributed by atoms with Crippen LogP contribution in [0.25, 0.3) is 4.85 Å². The number of hydrogen-bond acceptors (Lipinski definition) is 4. The van der Waals surface area contributed by atoms with Crippen LogP contribution >= 0.6 is 0 Å². The minimum absolute atomic E-state index is 0. The fraction of sp³-hybridized carbons (Fsp3) is 0.300. The van der Waals surface area contributed by atoms with Gasteiger partial charge in [-0.05, 0) is 19.1 Å². The Kier molecular flexibility index (Phi) is 6.22. The van der Waals surface area contributed by atoms with Gasteiger partial charge in [0.05, 0.1) is 5.56 Å². The average molecular weight is 227 g/mol.